The third-order valence-electron chi connectivity index (χ3n) is 6.27. The Morgan fingerprint density at radius 2 is 2.09 bits per heavy atom. The molecule has 1 amide bonds. The van der Waals surface area contributed by atoms with Gasteiger partial charge in [-0.3, -0.25) is 4.79 Å². The van der Waals surface area contributed by atoms with Crippen molar-refractivity contribution >= 4 is 44.6 Å². The fourth-order valence-corrected chi connectivity index (χ4v) is 5.56. The molecule has 6 rings (SSSR count). The second kappa shape index (κ2) is 10.5. The van der Waals surface area contributed by atoms with Crippen LogP contribution >= 0.6 is 22.9 Å². The summed E-state index contributed by atoms with van der Waals surface area (Å²) >= 11 is 7.39. The van der Waals surface area contributed by atoms with Crippen molar-refractivity contribution in [1.82, 2.24) is 4.90 Å². The lowest BCUT2D eigenvalue weighted by Gasteiger charge is -2.30. The van der Waals surface area contributed by atoms with Crippen molar-refractivity contribution in [3.05, 3.63) is 63.2 Å². The second-order valence-corrected chi connectivity index (χ2v) is 10.5. The first-order chi connectivity index (χ1) is 17.0. The number of benzene rings is 2. The number of nitrogens with zero attached hydrogens (tertiary/aromatic N) is 2. The molecule has 1 aliphatic carbocycles. The first-order valence-corrected chi connectivity index (χ1v) is 13.1. The lowest BCUT2D eigenvalue weighted by atomic mass is 10.1. The largest absolute Gasteiger partial charge is 0.487 e. The monoisotopic (exact) mass is 515 g/mol. The fourth-order valence-electron chi connectivity index (χ4n) is 4.09. The highest BCUT2D eigenvalue weighted by Crippen LogP contribution is 2.36. The molecular formula is C26H27ClFN3O3S. The average molecular weight is 516 g/mol. The molecule has 35 heavy (non-hydrogen) atoms. The normalized spacial score (nSPS) is 16.9. The van der Waals surface area contributed by atoms with Gasteiger partial charge in [0.15, 0.2) is 17.3 Å². The van der Waals surface area contributed by atoms with E-state index in [0.29, 0.717) is 17.4 Å². The summed E-state index contributed by atoms with van der Waals surface area (Å²) in [6, 6.07) is 11.0. The third-order valence-corrected chi connectivity index (χ3v) is 7.71. The Bertz CT molecular complexity index is 1270. The molecule has 2 aliphatic heterocycles. The zero-order valence-corrected chi connectivity index (χ0v) is 20.8. The van der Waals surface area contributed by atoms with Gasteiger partial charge in [-0.1, -0.05) is 28.9 Å². The minimum Gasteiger partial charge on any atom is -0.487 e. The van der Waals surface area contributed by atoms with E-state index in [-0.39, 0.29) is 17.6 Å². The van der Waals surface area contributed by atoms with E-state index in [1.165, 1.54) is 30.8 Å². The summed E-state index contributed by atoms with van der Waals surface area (Å²) in [5, 5.41) is 5.40. The highest BCUT2D eigenvalue weighted by Gasteiger charge is 2.25. The van der Waals surface area contributed by atoms with Crippen molar-refractivity contribution < 1.29 is 18.8 Å². The molecule has 6 nitrogen and oxygen atoms in total. The van der Waals surface area contributed by atoms with Crippen LogP contribution in [-0.4, -0.2) is 42.3 Å². The number of hydrogen-bond acceptors (Lipinski definition) is 6. The summed E-state index contributed by atoms with van der Waals surface area (Å²) in [5.41, 5.74) is 7.48. The molecule has 9 heteroatoms. The van der Waals surface area contributed by atoms with Crippen LogP contribution in [0.15, 0.2) is 41.6 Å². The van der Waals surface area contributed by atoms with Crippen molar-refractivity contribution in [3.63, 3.8) is 0 Å². The first kappa shape index (κ1) is 24.0. The summed E-state index contributed by atoms with van der Waals surface area (Å²) in [6.45, 7) is 3.97. The van der Waals surface area contributed by atoms with Crippen LogP contribution < -0.4 is 10.5 Å². The number of rotatable bonds is 7. The fraction of sp³-hybridized carbons (Fsp3) is 0.385. The lowest BCUT2D eigenvalue weighted by molar-refractivity contribution is -0.112. The Kier molecular flexibility index (Phi) is 7.22. The van der Waals surface area contributed by atoms with Gasteiger partial charge in [0.05, 0.1) is 11.0 Å². The van der Waals surface area contributed by atoms with Gasteiger partial charge in [-0.2, -0.15) is 0 Å². The van der Waals surface area contributed by atoms with Crippen molar-refractivity contribution in [3.8, 4) is 5.75 Å². The molecule has 0 radical (unpaired) electrons. The zero-order valence-electron chi connectivity index (χ0n) is 19.3. The van der Waals surface area contributed by atoms with Crippen LogP contribution in [0, 0.1) is 5.82 Å². The van der Waals surface area contributed by atoms with E-state index in [0.717, 1.165) is 58.3 Å². The SMILES string of the molecule is Fc1cc(CCCN2CCC2)ccc1OC1CC1.NC(=O)C1=NOCc2c1sc1cc(Cl)ccc21. The maximum absolute atomic E-state index is 13.8. The molecule has 2 aromatic carbocycles. The average Bonchev–Trinajstić information content (AvgIpc) is 3.55. The number of fused-ring (bicyclic) bond motifs is 3. The molecule has 2 fully saturated rings. The number of hydrogen-bond donors (Lipinski definition) is 1. The van der Waals surface area contributed by atoms with E-state index in [1.807, 2.05) is 24.3 Å². The quantitative estimate of drug-likeness (QED) is 0.464. The topological polar surface area (TPSA) is 77.2 Å². The maximum Gasteiger partial charge on any atom is 0.272 e. The summed E-state index contributed by atoms with van der Waals surface area (Å²) in [7, 11) is 0. The molecule has 0 spiro atoms. The van der Waals surface area contributed by atoms with E-state index < -0.39 is 5.91 Å². The van der Waals surface area contributed by atoms with Crippen LogP contribution in [0.25, 0.3) is 10.1 Å². The predicted octanol–water partition coefficient (Wildman–Crippen LogP) is 5.28. The molecule has 1 saturated heterocycles. The van der Waals surface area contributed by atoms with Crippen LogP contribution in [0.2, 0.25) is 5.02 Å². The van der Waals surface area contributed by atoms with Crippen LogP contribution in [0.5, 0.6) is 5.75 Å². The van der Waals surface area contributed by atoms with E-state index in [1.54, 1.807) is 12.1 Å². The molecule has 0 bridgehead atoms. The zero-order chi connectivity index (χ0) is 24.4. The molecule has 1 saturated carbocycles. The minimum atomic E-state index is -0.580. The van der Waals surface area contributed by atoms with Crippen LogP contribution in [-0.2, 0) is 22.7 Å². The Labute approximate surface area is 212 Å². The number of primary amides is 1. The summed E-state index contributed by atoms with van der Waals surface area (Å²) in [4.78, 5) is 19.5. The standard InChI is InChI=1S/C15H20FNO.C11H7ClN2O2S/c16-14-11-12(3-1-8-17-9-2-10-17)4-7-15(14)18-13-5-6-13;12-5-1-2-6-7-4-16-14-9(11(13)15)10(7)17-8(6)3-5/h4,7,11,13H,1-3,5-6,8-10H2;1-3H,4H2,(H2,13,15). The summed E-state index contributed by atoms with van der Waals surface area (Å²) in [6.07, 6.45) is 5.80. The van der Waals surface area contributed by atoms with Gasteiger partial charge in [-0.05, 0) is 87.0 Å². The Balaban J connectivity index is 0.000000145. The molecule has 1 aromatic heterocycles. The summed E-state index contributed by atoms with van der Waals surface area (Å²) in [5.74, 6) is -0.365. The number of amides is 1. The molecule has 184 valence electrons. The molecule has 3 aliphatic rings. The number of halogens is 2. The number of ether oxygens (including phenoxy) is 1. The van der Waals surface area contributed by atoms with Gasteiger partial charge in [0.2, 0.25) is 0 Å². The van der Waals surface area contributed by atoms with Gasteiger partial charge in [0.25, 0.3) is 5.91 Å². The van der Waals surface area contributed by atoms with E-state index in [2.05, 4.69) is 10.1 Å². The number of nitrogens with two attached hydrogens (primary N) is 1. The van der Waals surface area contributed by atoms with Gasteiger partial charge in [0.1, 0.15) is 6.61 Å². The molecule has 0 unspecified atom stereocenters. The lowest BCUT2D eigenvalue weighted by Crippen LogP contribution is -2.37. The Hall–Kier alpha value is -2.68. The van der Waals surface area contributed by atoms with Gasteiger partial charge in [-0.25, -0.2) is 4.39 Å². The predicted molar refractivity (Wildman–Crippen MR) is 137 cm³/mol. The van der Waals surface area contributed by atoms with E-state index in [4.69, 9.17) is 26.9 Å². The Morgan fingerprint density at radius 3 is 2.77 bits per heavy atom. The van der Waals surface area contributed by atoms with Crippen molar-refractivity contribution in [1.29, 1.82) is 0 Å². The molecule has 2 N–H and O–H groups in total. The third kappa shape index (κ3) is 5.77. The second-order valence-electron chi connectivity index (χ2n) is 9.01. The number of aryl methyl sites for hydroxylation is 1. The number of oxime groups is 1. The highest BCUT2D eigenvalue weighted by molar-refractivity contribution is 7.21. The minimum absolute atomic E-state index is 0.184. The first-order valence-electron chi connectivity index (χ1n) is 11.9. The van der Waals surface area contributed by atoms with Crippen molar-refractivity contribution in [2.45, 2.75) is 44.8 Å². The van der Waals surface area contributed by atoms with E-state index in [9.17, 15) is 9.18 Å². The number of thiophene rings is 1. The van der Waals surface area contributed by atoms with Crippen molar-refractivity contribution in [2.75, 3.05) is 19.6 Å². The number of carbonyl (C=O) groups is 1. The molecular weight excluding hydrogens is 489 g/mol. The van der Waals surface area contributed by atoms with Crippen molar-refractivity contribution in [2.24, 2.45) is 10.9 Å². The van der Waals surface area contributed by atoms with Gasteiger partial charge < -0.3 is 20.2 Å². The maximum atomic E-state index is 13.8. The van der Waals surface area contributed by atoms with Crippen LogP contribution in [0.3, 0.4) is 0 Å². The highest BCUT2D eigenvalue weighted by atomic mass is 35.5. The molecule has 3 heterocycles. The van der Waals surface area contributed by atoms with E-state index >= 15 is 0 Å². The van der Waals surface area contributed by atoms with Gasteiger partial charge in [-0.15, -0.1) is 11.3 Å². The Morgan fingerprint density at radius 1 is 1.26 bits per heavy atom. The van der Waals surface area contributed by atoms with Gasteiger partial charge >= 0.3 is 0 Å². The summed E-state index contributed by atoms with van der Waals surface area (Å²) < 4.78 is 20.3. The smallest absolute Gasteiger partial charge is 0.272 e. The number of carbonyl (C=O) groups excluding carboxylic acids is 1. The molecule has 3 aromatic rings. The molecule has 0 atom stereocenters. The number of likely N-dealkylation sites (tertiary alicyclic amines) is 1. The van der Waals surface area contributed by atoms with Gasteiger partial charge in [0, 0.05) is 15.3 Å². The van der Waals surface area contributed by atoms with Crippen LogP contribution in [0.1, 0.15) is 41.7 Å². The van der Waals surface area contributed by atoms with Crippen LogP contribution in [0.4, 0.5) is 4.39 Å².